The summed E-state index contributed by atoms with van der Waals surface area (Å²) in [7, 11) is 1.72. The Morgan fingerprint density at radius 1 is 1.32 bits per heavy atom. The van der Waals surface area contributed by atoms with Crippen LogP contribution >= 0.6 is 0 Å². The second-order valence-corrected chi connectivity index (χ2v) is 5.56. The molecule has 0 unspecified atom stereocenters. The van der Waals surface area contributed by atoms with Gasteiger partial charge in [-0.05, 0) is 56.6 Å². The molecule has 2 N–H and O–H groups in total. The zero-order valence-electron chi connectivity index (χ0n) is 12.2. The van der Waals surface area contributed by atoms with Gasteiger partial charge in [0.15, 0.2) is 0 Å². The van der Waals surface area contributed by atoms with Gasteiger partial charge in [-0.2, -0.15) is 0 Å². The van der Waals surface area contributed by atoms with E-state index in [1.165, 1.54) is 18.5 Å². The fraction of sp³-hybridized carbons (Fsp3) is 0.625. The molecule has 3 heteroatoms. The van der Waals surface area contributed by atoms with Crippen LogP contribution in [0.1, 0.15) is 31.7 Å². The van der Waals surface area contributed by atoms with Crippen LogP contribution in [-0.2, 0) is 5.41 Å². The van der Waals surface area contributed by atoms with Gasteiger partial charge >= 0.3 is 0 Å². The van der Waals surface area contributed by atoms with E-state index in [2.05, 4.69) is 30.0 Å². The number of ether oxygens (including phenoxy) is 1. The summed E-state index contributed by atoms with van der Waals surface area (Å²) < 4.78 is 5.34. The second-order valence-electron chi connectivity index (χ2n) is 5.56. The van der Waals surface area contributed by atoms with Crippen molar-refractivity contribution in [2.45, 2.75) is 31.6 Å². The van der Waals surface area contributed by atoms with Gasteiger partial charge in [0.05, 0.1) is 7.11 Å². The number of hydrogen-bond donors (Lipinski definition) is 1. The van der Waals surface area contributed by atoms with Crippen LogP contribution in [0.3, 0.4) is 0 Å². The first-order valence-corrected chi connectivity index (χ1v) is 7.31. The minimum absolute atomic E-state index is 0.138. The zero-order valence-corrected chi connectivity index (χ0v) is 12.2. The van der Waals surface area contributed by atoms with E-state index in [9.17, 15) is 0 Å². The first-order valence-electron chi connectivity index (χ1n) is 7.31. The number of methoxy groups -OCH3 is 1. The molecule has 1 aromatic carbocycles. The Morgan fingerprint density at radius 3 is 2.63 bits per heavy atom. The van der Waals surface area contributed by atoms with E-state index in [-0.39, 0.29) is 5.41 Å². The van der Waals surface area contributed by atoms with Crippen LogP contribution in [0.4, 0.5) is 0 Å². The summed E-state index contributed by atoms with van der Waals surface area (Å²) in [6.45, 7) is 6.48. The monoisotopic (exact) mass is 262 g/mol. The Kier molecular flexibility index (Phi) is 4.83. The topological polar surface area (TPSA) is 38.5 Å². The fourth-order valence-corrected chi connectivity index (χ4v) is 3.08. The van der Waals surface area contributed by atoms with Crippen molar-refractivity contribution >= 4 is 0 Å². The SMILES string of the molecule is CCCN1CCC(CN)(c2cccc(OC)c2)CC1. The molecule has 0 saturated carbocycles. The predicted molar refractivity (Wildman–Crippen MR) is 79.7 cm³/mol. The van der Waals surface area contributed by atoms with Gasteiger partial charge in [-0.1, -0.05) is 19.1 Å². The van der Waals surface area contributed by atoms with Crippen molar-refractivity contribution in [2.75, 3.05) is 33.3 Å². The molecule has 1 heterocycles. The lowest BCUT2D eigenvalue weighted by molar-refractivity contribution is 0.162. The largest absolute Gasteiger partial charge is 0.497 e. The van der Waals surface area contributed by atoms with Gasteiger partial charge in [0.25, 0.3) is 0 Å². The average Bonchev–Trinajstić information content (AvgIpc) is 2.49. The van der Waals surface area contributed by atoms with Gasteiger partial charge in [0, 0.05) is 12.0 Å². The Balaban J connectivity index is 2.15. The molecular formula is C16H26N2O. The maximum atomic E-state index is 6.12. The lowest BCUT2D eigenvalue weighted by Crippen LogP contribution is -2.46. The van der Waals surface area contributed by atoms with Gasteiger partial charge in [-0.3, -0.25) is 0 Å². The molecule has 0 amide bonds. The number of benzene rings is 1. The van der Waals surface area contributed by atoms with Crippen LogP contribution in [0.5, 0.6) is 5.75 Å². The highest BCUT2D eigenvalue weighted by molar-refractivity contribution is 5.34. The summed E-state index contributed by atoms with van der Waals surface area (Å²) in [4.78, 5) is 2.55. The minimum Gasteiger partial charge on any atom is -0.497 e. The van der Waals surface area contributed by atoms with Crippen LogP contribution in [-0.4, -0.2) is 38.2 Å². The molecule has 1 fully saturated rings. The van der Waals surface area contributed by atoms with Crippen molar-refractivity contribution in [1.29, 1.82) is 0 Å². The molecule has 0 atom stereocenters. The Morgan fingerprint density at radius 2 is 2.05 bits per heavy atom. The molecule has 106 valence electrons. The summed E-state index contributed by atoms with van der Waals surface area (Å²) in [6.07, 6.45) is 3.53. The number of hydrogen-bond acceptors (Lipinski definition) is 3. The Bertz CT molecular complexity index is 397. The molecule has 0 aliphatic carbocycles. The summed E-state index contributed by atoms with van der Waals surface area (Å²) in [5.74, 6) is 0.932. The van der Waals surface area contributed by atoms with Crippen molar-refractivity contribution in [2.24, 2.45) is 5.73 Å². The van der Waals surface area contributed by atoms with Gasteiger partial charge < -0.3 is 15.4 Å². The normalized spacial score (nSPS) is 19.3. The van der Waals surface area contributed by atoms with E-state index in [0.717, 1.165) is 38.2 Å². The minimum atomic E-state index is 0.138. The van der Waals surface area contributed by atoms with Crippen molar-refractivity contribution in [3.05, 3.63) is 29.8 Å². The van der Waals surface area contributed by atoms with Gasteiger partial charge in [0.1, 0.15) is 5.75 Å². The molecule has 1 aliphatic rings. The van der Waals surface area contributed by atoms with Crippen LogP contribution in [0.2, 0.25) is 0 Å². The van der Waals surface area contributed by atoms with Crippen molar-refractivity contribution in [3.63, 3.8) is 0 Å². The molecule has 19 heavy (non-hydrogen) atoms. The molecule has 1 saturated heterocycles. The molecule has 0 radical (unpaired) electrons. The Labute approximate surface area is 116 Å². The molecule has 3 nitrogen and oxygen atoms in total. The zero-order chi connectivity index (χ0) is 13.7. The number of nitrogens with two attached hydrogens (primary N) is 1. The van der Waals surface area contributed by atoms with Gasteiger partial charge in [-0.15, -0.1) is 0 Å². The first-order chi connectivity index (χ1) is 9.24. The average molecular weight is 262 g/mol. The van der Waals surface area contributed by atoms with Crippen molar-refractivity contribution < 1.29 is 4.74 Å². The summed E-state index contributed by atoms with van der Waals surface area (Å²) in [5.41, 5.74) is 7.60. The summed E-state index contributed by atoms with van der Waals surface area (Å²) in [5, 5.41) is 0. The van der Waals surface area contributed by atoms with Crippen LogP contribution < -0.4 is 10.5 Å². The van der Waals surface area contributed by atoms with Gasteiger partial charge in [-0.25, -0.2) is 0 Å². The van der Waals surface area contributed by atoms with E-state index < -0.39 is 0 Å². The van der Waals surface area contributed by atoms with Crippen molar-refractivity contribution in [1.82, 2.24) is 4.90 Å². The van der Waals surface area contributed by atoms with E-state index in [1.54, 1.807) is 7.11 Å². The first kappa shape index (κ1) is 14.4. The van der Waals surface area contributed by atoms with E-state index in [4.69, 9.17) is 10.5 Å². The number of likely N-dealkylation sites (tertiary alicyclic amines) is 1. The highest BCUT2D eigenvalue weighted by atomic mass is 16.5. The highest BCUT2D eigenvalue weighted by Crippen LogP contribution is 2.36. The van der Waals surface area contributed by atoms with Crippen LogP contribution in [0.25, 0.3) is 0 Å². The lowest BCUT2D eigenvalue weighted by atomic mass is 9.73. The third-order valence-electron chi connectivity index (χ3n) is 4.43. The molecule has 0 spiro atoms. The molecule has 2 rings (SSSR count). The molecular weight excluding hydrogens is 236 g/mol. The second kappa shape index (κ2) is 6.40. The fourth-order valence-electron chi connectivity index (χ4n) is 3.08. The van der Waals surface area contributed by atoms with Crippen LogP contribution in [0, 0.1) is 0 Å². The highest BCUT2D eigenvalue weighted by Gasteiger charge is 2.34. The maximum Gasteiger partial charge on any atom is 0.119 e. The predicted octanol–water partition coefficient (Wildman–Crippen LogP) is 2.40. The molecule has 1 aliphatic heterocycles. The Hall–Kier alpha value is -1.06. The van der Waals surface area contributed by atoms with Gasteiger partial charge in [0.2, 0.25) is 0 Å². The summed E-state index contributed by atoms with van der Waals surface area (Å²) in [6, 6.07) is 8.43. The summed E-state index contributed by atoms with van der Waals surface area (Å²) >= 11 is 0. The van der Waals surface area contributed by atoms with E-state index >= 15 is 0 Å². The smallest absolute Gasteiger partial charge is 0.119 e. The van der Waals surface area contributed by atoms with E-state index in [0.29, 0.717) is 0 Å². The van der Waals surface area contributed by atoms with Crippen LogP contribution in [0.15, 0.2) is 24.3 Å². The quantitative estimate of drug-likeness (QED) is 0.885. The molecule has 0 aromatic heterocycles. The number of piperidine rings is 1. The third-order valence-corrected chi connectivity index (χ3v) is 4.43. The molecule has 0 bridgehead atoms. The standard InChI is InChI=1S/C16H26N2O/c1-3-9-18-10-7-16(13-17,8-11-18)14-5-4-6-15(12-14)19-2/h4-6,12H,3,7-11,13,17H2,1-2H3. The lowest BCUT2D eigenvalue weighted by Gasteiger charge is -2.41. The maximum absolute atomic E-state index is 6.12. The third kappa shape index (κ3) is 3.10. The number of nitrogens with zero attached hydrogens (tertiary/aromatic N) is 1. The van der Waals surface area contributed by atoms with E-state index in [1.807, 2.05) is 6.07 Å². The molecule has 1 aromatic rings. The van der Waals surface area contributed by atoms with Crippen molar-refractivity contribution in [3.8, 4) is 5.75 Å². The number of rotatable bonds is 5.